The van der Waals surface area contributed by atoms with Crippen molar-refractivity contribution in [1.82, 2.24) is 5.32 Å². The number of carbonyl (C=O) groups is 2. The highest BCUT2D eigenvalue weighted by atomic mass is 16.4. The summed E-state index contributed by atoms with van der Waals surface area (Å²) < 4.78 is 0. The van der Waals surface area contributed by atoms with Crippen LogP contribution in [-0.2, 0) is 11.2 Å². The number of carbonyl (C=O) groups excluding carboxylic acids is 1. The summed E-state index contributed by atoms with van der Waals surface area (Å²) in [6, 6.07) is 6.95. The Hall–Kier alpha value is -1.84. The molecule has 1 aromatic rings. The zero-order chi connectivity index (χ0) is 13.9. The van der Waals surface area contributed by atoms with Crippen LogP contribution in [0.1, 0.15) is 28.8 Å². The second-order valence-electron chi connectivity index (χ2n) is 6.40. The quantitative estimate of drug-likeness (QED) is 0.876. The number of hydrogen-bond donors (Lipinski definition) is 2. The lowest BCUT2D eigenvalue weighted by molar-refractivity contribution is -0.121. The molecule has 2 N–H and O–H groups in total. The standard InChI is InChI=1S/C16H17NO3/c18-14(5-8-1-3-9(4-2-8)16(19)20)17-15-12-6-10(12)11-7-13(11)15/h1-4,10-13,15H,5-7H2,(H,17,18)(H,19,20)/t10-,11-,12-,13-/m1/s1. The van der Waals surface area contributed by atoms with Gasteiger partial charge in [0.25, 0.3) is 0 Å². The number of nitrogens with one attached hydrogen (secondary N) is 1. The molecule has 3 fully saturated rings. The van der Waals surface area contributed by atoms with Gasteiger partial charge < -0.3 is 10.4 Å². The molecule has 4 heteroatoms. The maximum atomic E-state index is 12.1. The van der Waals surface area contributed by atoms with Crippen LogP contribution < -0.4 is 5.32 Å². The smallest absolute Gasteiger partial charge is 0.335 e. The average Bonchev–Trinajstić information content (AvgIpc) is 3.30. The molecule has 104 valence electrons. The van der Waals surface area contributed by atoms with Crippen molar-refractivity contribution >= 4 is 11.9 Å². The fourth-order valence-electron chi connectivity index (χ4n) is 4.00. The highest BCUT2D eigenvalue weighted by Crippen LogP contribution is 2.69. The van der Waals surface area contributed by atoms with Gasteiger partial charge in [0.05, 0.1) is 12.0 Å². The molecule has 0 aromatic heterocycles. The molecule has 0 unspecified atom stereocenters. The lowest BCUT2D eigenvalue weighted by atomic mass is 10.1. The molecular weight excluding hydrogens is 254 g/mol. The van der Waals surface area contributed by atoms with Crippen molar-refractivity contribution in [2.24, 2.45) is 23.7 Å². The summed E-state index contributed by atoms with van der Waals surface area (Å²) in [5.41, 5.74) is 1.12. The van der Waals surface area contributed by atoms with Crippen molar-refractivity contribution in [1.29, 1.82) is 0 Å². The van der Waals surface area contributed by atoms with Gasteiger partial charge in [-0.05, 0) is 54.2 Å². The number of amides is 1. The van der Waals surface area contributed by atoms with Crippen molar-refractivity contribution in [3.63, 3.8) is 0 Å². The molecule has 0 heterocycles. The van der Waals surface area contributed by atoms with Crippen LogP contribution in [0.4, 0.5) is 0 Å². The summed E-state index contributed by atoms with van der Waals surface area (Å²) in [5.74, 6) is 2.43. The monoisotopic (exact) mass is 271 g/mol. The van der Waals surface area contributed by atoms with E-state index in [2.05, 4.69) is 5.32 Å². The van der Waals surface area contributed by atoms with Crippen LogP contribution in [0.15, 0.2) is 24.3 Å². The molecule has 4 atom stereocenters. The third kappa shape index (κ3) is 1.90. The van der Waals surface area contributed by atoms with Gasteiger partial charge in [0.2, 0.25) is 5.91 Å². The Morgan fingerprint density at radius 2 is 1.65 bits per heavy atom. The summed E-state index contributed by atoms with van der Waals surface area (Å²) in [6.07, 6.45) is 2.95. The van der Waals surface area contributed by atoms with Crippen LogP contribution in [0.3, 0.4) is 0 Å². The van der Waals surface area contributed by atoms with Crippen LogP contribution in [0.5, 0.6) is 0 Å². The molecule has 0 spiro atoms. The largest absolute Gasteiger partial charge is 0.478 e. The van der Waals surface area contributed by atoms with Crippen molar-refractivity contribution in [3.8, 4) is 0 Å². The Kier molecular flexibility index (Phi) is 2.43. The minimum atomic E-state index is -0.938. The van der Waals surface area contributed by atoms with Gasteiger partial charge in [0, 0.05) is 6.04 Å². The fourth-order valence-corrected chi connectivity index (χ4v) is 4.00. The zero-order valence-electron chi connectivity index (χ0n) is 11.1. The summed E-state index contributed by atoms with van der Waals surface area (Å²) in [4.78, 5) is 22.9. The Labute approximate surface area is 117 Å². The average molecular weight is 271 g/mol. The van der Waals surface area contributed by atoms with Crippen molar-refractivity contribution in [2.75, 3.05) is 0 Å². The molecule has 1 aromatic carbocycles. The lowest BCUT2D eigenvalue weighted by Gasteiger charge is -2.16. The van der Waals surface area contributed by atoms with Crippen molar-refractivity contribution in [3.05, 3.63) is 35.4 Å². The van der Waals surface area contributed by atoms with E-state index in [1.54, 1.807) is 24.3 Å². The summed E-state index contributed by atoms with van der Waals surface area (Å²) in [5, 5.41) is 12.0. The summed E-state index contributed by atoms with van der Waals surface area (Å²) >= 11 is 0. The maximum Gasteiger partial charge on any atom is 0.335 e. The molecule has 4 nitrogen and oxygen atoms in total. The van der Waals surface area contributed by atoms with Crippen LogP contribution in [-0.4, -0.2) is 23.0 Å². The molecule has 4 rings (SSSR count). The molecule has 3 saturated carbocycles. The Morgan fingerprint density at radius 3 is 2.20 bits per heavy atom. The summed E-state index contributed by atoms with van der Waals surface area (Å²) in [7, 11) is 0. The number of carboxylic acids is 1. The van der Waals surface area contributed by atoms with E-state index in [4.69, 9.17) is 5.11 Å². The van der Waals surface area contributed by atoms with E-state index in [0.29, 0.717) is 12.5 Å². The van der Waals surface area contributed by atoms with Gasteiger partial charge in [-0.1, -0.05) is 12.1 Å². The van der Waals surface area contributed by atoms with Gasteiger partial charge in [0.15, 0.2) is 0 Å². The highest BCUT2D eigenvalue weighted by Gasteiger charge is 2.67. The highest BCUT2D eigenvalue weighted by molar-refractivity contribution is 5.87. The zero-order valence-corrected chi connectivity index (χ0v) is 11.1. The molecule has 0 radical (unpaired) electrons. The van der Waals surface area contributed by atoms with Gasteiger partial charge in [0.1, 0.15) is 0 Å². The molecule has 3 aliphatic rings. The fraction of sp³-hybridized carbons (Fsp3) is 0.500. The first-order valence-corrected chi connectivity index (χ1v) is 7.25. The van der Waals surface area contributed by atoms with Crippen LogP contribution in [0.2, 0.25) is 0 Å². The first-order chi connectivity index (χ1) is 9.63. The Morgan fingerprint density at radius 1 is 1.05 bits per heavy atom. The van der Waals surface area contributed by atoms with E-state index < -0.39 is 5.97 Å². The molecule has 1 amide bonds. The van der Waals surface area contributed by atoms with E-state index in [9.17, 15) is 9.59 Å². The predicted octanol–water partition coefficient (Wildman–Crippen LogP) is 1.70. The lowest BCUT2D eigenvalue weighted by Crippen LogP contribution is -2.38. The number of benzene rings is 1. The SMILES string of the molecule is O=C(Cc1ccc(C(=O)O)cc1)NC1[C@@H]2C[C@@H]2[C@H]2C[C@@H]12. The van der Waals surface area contributed by atoms with E-state index in [-0.39, 0.29) is 11.5 Å². The molecule has 3 aliphatic carbocycles. The van der Waals surface area contributed by atoms with Crippen molar-refractivity contribution in [2.45, 2.75) is 25.3 Å². The minimum absolute atomic E-state index is 0.0660. The van der Waals surface area contributed by atoms with E-state index in [1.165, 1.54) is 12.8 Å². The Bertz CT molecular complexity index is 564. The number of hydrogen-bond acceptors (Lipinski definition) is 2. The van der Waals surface area contributed by atoms with E-state index in [0.717, 1.165) is 29.2 Å². The molecule has 0 saturated heterocycles. The minimum Gasteiger partial charge on any atom is -0.478 e. The third-order valence-corrected chi connectivity index (χ3v) is 5.15. The molecule has 20 heavy (non-hydrogen) atoms. The predicted molar refractivity (Wildman–Crippen MR) is 72.2 cm³/mol. The van der Waals surface area contributed by atoms with Gasteiger partial charge in [-0.15, -0.1) is 0 Å². The number of aromatic carboxylic acids is 1. The topological polar surface area (TPSA) is 66.4 Å². The van der Waals surface area contributed by atoms with E-state index in [1.807, 2.05) is 0 Å². The Balaban J connectivity index is 1.36. The maximum absolute atomic E-state index is 12.1. The summed E-state index contributed by atoms with van der Waals surface area (Å²) in [6.45, 7) is 0. The molecule has 0 aliphatic heterocycles. The molecular formula is C16H17NO3. The van der Waals surface area contributed by atoms with Gasteiger partial charge in [-0.25, -0.2) is 4.79 Å². The van der Waals surface area contributed by atoms with Crippen LogP contribution in [0, 0.1) is 23.7 Å². The number of rotatable bonds is 4. The first kappa shape index (κ1) is 11.9. The second kappa shape index (κ2) is 4.08. The third-order valence-electron chi connectivity index (χ3n) is 5.15. The number of fused-ring (bicyclic) bond motifs is 3. The van der Waals surface area contributed by atoms with Crippen LogP contribution in [0.25, 0.3) is 0 Å². The van der Waals surface area contributed by atoms with Gasteiger partial charge in [-0.2, -0.15) is 0 Å². The van der Waals surface area contributed by atoms with Gasteiger partial charge >= 0.3 is 5.97 Å². The van der Waals surface area contributed by atoms with Crippen molar-refractivity contribution < 1.29 is 14.7 Å². The molecule has 0 bridgehead atoms. The van der Waals surface area contributed by atoms with Gasteiger partial charge in [-0.3, -0.25) is 4.79 Å². The van der Waals surface area contributed by atoms with E-state index >= 15 is 0 Å². The first-order valence-electron chi connectivity index (χ1n) is 7.25. The van der Waals surface area contributed by atoms with Crippen LogP contribution >= 0.6 is 0 Å². The normalized spacial score (nSPS) is 35.9. The number of carboxylic acid groups (broad SMARTS) is 1. The second-order valence-corrected chi connectivity index (χ2v) is 6.40.